The molecule has 2 saturated heterocycles. The molecular weight excluding hydrogens is 785 g/mol. The van der Waals surface area contributed by atoms with E-state index in [9.17, 15) is 24.3 Å². The first-order valence-corrected chi connectivity index (χ1v) is 16.4. The molecule has 3 fully saturated rings. The van der Waals surface area contributed by atoms with Crippen molar-refractivity contribution in [1.29, 1.82) is 0 Å². The van der Waals surface area contributed by atoms with Crippen molar-refractivity contribution in [2.45, 2.75) is 35.4 Å². The molecule has 13 heteroatoms. The van der Waals surface area contributed by atoms with E-state index in [-0.39, 0.29) is 35.7 Å². The molecule has 0 spiro atoms. The number of methoxy groups -OCH3 is 1. The monoisotopic (exact) mass is 806 g/mol. The van der Waals surface area contributed by atoms with E-state index < -0.39 is 51.1 Å². The van der Waals surface area contributed by atoms with Crippen LogP contribution in [0.2, 0.25) is 5.02 Å². The topological polar surface area (TPSA) is 104 Å². The number of imide groups is 2. The van der Waals surface area contributed by atoms with Crippen molar-refractivity contribution in [3.8, 4) is 11.5 Å². The number of phenols is 1. The number of anilines is 1. The molecule has 0 radical (unpaired) electrons. The summed E-state index contributed by atoms with van der Waals surface area (Å²) in [7, 11) is 1.40. The summed E-state index contributed by atoms with van der Waals surface area (Å²) >= 11 is 26.0. The largest absolute Gasteiger partial charge is 0.504 e. The third-order valence-electron chi connectivity index (χ3n) is 9.03. The maximum absolute atomic E-state index is 14.1. The molecule has 4 amide bonds. The Hall–Kier alpha value is -1.86. The number of aryl methyl sites for hydroxylation is 1. The van der Waals surface area contributed by atoms with Crippen LogP contribution in [-0.4, -0.2) is 55.9 Å². The van der Waals surface area contributed by atoms with Crippen LogP contribution in [-0.2, 0) is 19.2 Å². The van der Waals surface area contributed by atoms with Crippen molar-refractivity contribution >= 4 is 103 Å². The van der Waals surface area contributed by atoms with Gasteiger partial charge < -0.3 is 9.84 Å². The Balaban J connectivity index is 1.54. The summed E-state index contributed by atoms with van der Waals surface area (Å²) < 4.78 is 5.83. The smallest absolute Gasteiger partial charge is 0.254 e. The van der Waals surface area contributed by atoms with Crippen LogP contribution in [0.25, 0.3) is 0 Å². The SMILES string of the molecule is COc1cc([C@H]2C3=CC[C@@H]4C(=O)N(c5ccc(C)c(Cl)c5)C(=O)[C@@H]4[C@@H]3C[C@@]3(Cl)C(=O)N(CBr)C(=O)[C@@]23Cl)cc(I)c1O. The van der Waals surface area contributed by atoms with E-state index in [1.807, 2.05) is 35.6 Å². The average molecular weight is 809 g/mol. The van der Waals surface area contributed by atoms with Crippen LogP contribution >= 0.6 is 73.3 Å². The van der Waals surface area contributed by atoms with Crippen molar-refractivity contribution < 1.29 is 29.0 Å². The predicted molar refractivity (Wildman–Crippen MR) is 169 cm³/mol. The summed E-state index contributed by atoms with van der Waals surface area (Å²) in [5, 5.41) is 11.0. The first-order chi connectivity index (χ1) is 19.8. The minimum absolute atomic E-state index is 0.0902. The van der Waals surface area contributed by atoms with Gasteiger partial charge in [0.1, 0.15) is 0 Å². The second kappa shape index (κ2) is 10.4. The minimum atomic E-state index is -1.95. The molecule has 1 saturated carbocycles. The quantitative estimate of drug-likeness (QED) is 0.136. The molecule has 2 heterocycles. The van der Waals surface area contributed by atoms with E-state index in [1.165, 1.54) is 7.11 Å². The highest BCUT2D eigenvalue weighted by atomic mass is 127. The molecule has 42 heavy (non-hydrogen) atoms. The first kappa shape index (κ1) is 30.2. The number of aromatic hydroxyl groups is 1. The van der Waals surface area contributed by atoms with Crippen LogP contribution in [0.3, 0.4) is 0 Å². The summed E-state index contributed by atoms with van der Waals surface area (Å²) in [6.45, 7) is 1.83. The van der Waals surface area contributed by atoms with Crippen molar-refractivity contribution in [3.05, 3.63) is 61.7 Å². The molecule has 0 aromatic heterocycles. The molecule has 0 bridgehead atoms. The van der Waals surface area contributed by atoms with Gasteiger partial charge in [0.2, 0.25) is 11.8 Å². The van der Waals surface area contributed by atoms with Gasteiger partial charge in [-0.15, -0.1) is 23.2 Å². The van der Waals surface area contributed by atoms with Gasteiger partial charge in [-0.25, -0.2) is 4.90 Å². The summed E-state index contributed by atoms with van der Waals surface area (Å²) in [5.41, 5.74) is 2.18. The van der Waals surface area contributed by atoms with E-state index in [1.54, 1.807) is 30.3 Å². The fourth-order valence-corrected chi connectivity index (χ4v) is 9.24. The van der Waals surface area contributed by atoms with Gasteiger partial charge in [-0.3, -0.25) is 24.1 Å². The molecule has 1 N–H and O–H groups in total. The number of ether oxygens (including phenoxy) is 1. The lowest BCUT2D eigenvalue weighted by Gasteiger charge is -2.50. The predicted octanol–water partition coefficient (Wildman–Crippen LogP) is 5.88. The lowest BCUT2D eigenvalue weighted by molar-refractivity contribution is -0.138. The Morgan fingerprint density at radius 2 is 1.81 bits per heavy atom. The zero-order valence-corrected chi connectivity index (χ0v) is 28.2. The molecule has 2 aromatic carbocycles. The lowest BCUT2D eigenvalue weighted by atomic mass is 9.56. The van der Waals surface area contributed by atoms with E-state index >= 15 is 0 Å². The number of nitrogens with zero attached hydrogens (tertiary/aromatic N) is 2. The van der Waals surface area contributed by atoms with Crippen molar-refractivity contribution in [3.63, 3.8) is 0 Å². The Kier molecular flexibility index (Phi) is 7.44. The van der Waals surface area contributed by atoms with Crippen LogP contribution < -0.4 is 9.64 Å². The van der Waals surface area contributed by atoms with Gasteiger partial charge in [0.25, 0.3) is 11.8 Å². The minimum Gasteiger partial charge on any atom is -0.504 e. The van der Waals surface area contributed by atoms with Gasteiger partial charge in [-0.05, 0) is 83.7 Å². The third-order valence-corrected chi connectivity index (χ3v) is 12.2. The van der Waals surface area contributed by atoms with Gasteiger partial charge in [-0.1, -0.05) is 45.2 Å². The van der Waals surface area contributed by atoms with Crippen LogP contribution in [0.4, 0.5) is 5.69 Å². The van der Waals surface area contributed by atoms with Crippen molar-refractivity contribution in [1.82, 2.24) is 4.90 Å². The number of amides is 4. The van der Waals surface area contributed by atoms with Crippen molar-refractivity contribution in [2.24, 2.45) is 17.8 Å². The number of benzene rings is 2. The number of fused-ring (bicyclic) bond motifs is 4. The van der Waals surface area contributed by atoms with Crippen LogP contribution in [0.1, 0.15) is 29.9 Å². The maximum atomic E-state index is 14.1. The van der Waals surface area contributed by atoms with Crippen LogP contribution in [0.5, 0.6) is 11.5 Å². The van der Waals surface area contributed by atoms with E-state index in [0.717, 1.165) is 15.4 Å². The average Bonchev–Trinajstić information content (AvgIpc) is 3.29. The molecule has 220 valence electrons. The second-order valence-electron chi connectivity index (χ2n) is 11.0. The zero-order chi connectivity index (χ0) is 30.5. The Morgan fingerprint density at radius 3 is 2.45 bits per heavy atom. The Bertz CT molecular complexity index is 1640. The number of allylic oxidation sites excluding steroid dienone is 2. The van der Waals surface area contributed by atoms with Crippen LogP contribution in [0.15, 0.2) is 42.0 Å². The maximum Gasteiger partial charge on any atom is 0.254 e. The number of rotatable bonds is 4. The number of halogens is 5. The third kappa shape index (κ3) is 3.90. The fourth-order valence-electron chi connectivity index (χ4n) is 7.02. The highest BCUT2D eigenvalue weighted by Gasteiger charge is 2.76. The number of hydrogen-bond donors (Lipinski definition) is 1. The molecule has 6 atom stereocenters. The summed E-state index contributed by atoms with van der Waals surface area (Å²) in [5.74, 6) is -5.24. The normalized spacial score (nSPS) is 32.1. The number of carbonyl (C=O) groups excluding carboxylic acids is 4. The molecule has 6 rings (SSSR count). The number of likely N-dealkylation sites (tertiary alicyclic amines) is 1. The molecule has 2 aliphatic carbocycles. The molecule has 2 aromatic rings. The summed E-state index contributed by atoms with van der Waals surface area (Å²) in [6.07, 6.45) is 1.96. The van der Waals surface area contributed by atoms with Gasteiger partial charge in [0.15, 0.2) is 21.2 Å². The van der Waals surface area contributed by atoms with Gasteiger partial charge in [0, 0.05) is 10.9 Å². The second-order valence-corrected chi connectivity index (χ2v) is 14.3. The van der Waals surface area contributed by atoms with E-state index in [4.69, 9.17) is 39.5 Å². The Labute approximate surface area is 278 Å². The Morgan fingerprint density at radius 1 is 1.10 bits per heavy atom. The van der Waals surface area contributed by atoms with Crippen LogP contribution in [0, 0.1) is 28.2 Å². The lowest BCUT2D eigenvalue weighted by Crippen LogP contribution is -2.60. The number of phenolic OH excluding ortho intramolecular Hbond substituents is 1. The fraction of sp³-hybridized carbons (Fsp3) is 0.379. The molecular formula is C29H23BrCl3IN2O6. The van der Waals surface area contributed by atoms with Gasteiger partial charge in [-0.2, -0.15) is 0 Å². The number of alkyl halides is 3. The van der Waals surface area contributed by atoms with E-state index in [2.05, 4.69) is 15.9 Å². The number of hydrogen-bond acceptors (Lipinski definition) is 6. The highest BCUT2D eigenvalue weighted by molar-refractivity contribution is 14.1. The van der Waals surface area contributed by atoms with Crippen molar-refractivity contribution in [2.75, 3.05) is 17.5 Å². The standard InChI is InChI=1S/C29H23BrCl3IN2O6/c1-12-3-4-14(9-18(12)31)36-24(38)16-6-5-15-17(21(16)25(36)39)10-28(32)26(40)35(11-30)27(41)29(28,33)22(15)13-7-19(34)23(37)20(8-13)42-2/h3-5,7-9,16-17,21-22,37H,6,10-11H2,1-2H3/t16-,17+,21-,22-,28+,29-/m0/s1. The van der Waals surface area contributed by atoms with Gasteiger partial charge >= 0.3 is 0 Å². The number of carbonyl (C=O) groups is 4. The summed E-state index contributed by atoms with van der Waals surface area (Å²) in [6, 6.07) is 8.24. The summed E-state index contributed by atoms with van der Waals surface area (Å²) in [4.78, 5) is 53.8. The molecule has 8 nitrogen and oxygen atoms in total. The van der Waals surface area contributed by atoms with E-state index in [0.29, 0.717) is 25.4 Å². The first-order valence-electron chi connectivity index (χ1n) is 13.0. The highest BCUT2D eigenvalue weighted by Crippen LogP contribution is 2.66. The zero-order valence-electron chi connectivity index (χ0n) is 22.2. The molecule has 4 aliphatic rings. The molecule has 2 aliphatic heterocycles. The van der Waals surface area contributed by atoms with Gasteiger partial charge in [0.05, 0.1) is 33.7 Å². The molecule has 0 unspecified atom stereocenters.